The molecular weight excluding hydrogens is 599 g/mol. The van der Waals surface area contributed by atoms with Gasteiger partial charge in [-0.15, -0.1) is 0 Å². The lowest BCUT2D eigenvalue weighted by atomic mass is 9.77. The SMILES string of the molecule is CCCCOc1ccc2c(c1)Oc1cc(OP(=O)(O)OC3[C@H](O)[C@H](O)C(O)[C@H](O)[C@H]3O)ccc1[C@]21OC(=O)c2ccccc21. The van der Waals surface area contributed by atoms with Crippen LogP contribution in [-0.2, 0) is 19.4 Å². The van der Waals surface area contributed by atoms with Crippen molar-refractivity contribution in [1.29, 1.82) is 0 Å². The minimum atomic E-state index is -5.14. The summed E-state index contributed by atoms with van der Waals surface area (Å²) < 4.78 is 41.3. The Morgan fingerprint density at radius 3 is 2.07 bits per heavy atom. The van der Waals surface area contributed by atoms with Gasteiger partial charge in [0.2, 0.25) is 0 Å². The minimum absolute atomic E-state index is 0.122. The van der Waals surface area contributed by atoms with E-state index < -0.39 is 56.0 Å². The van der Waals surface area contributed by atoms with E-state index in [1.807, 2.05) is 6.92 Å². The highest BCUT2D eigenvalue weighted by atomic mass is 31.2. The molecule has 3 unspecified atom stereocenters. The minimum Gasteiger partial charge on any atom is -0.493 e. The second-order valence-corrected chi connectivity index (χ2v) is 12.1. The zero-order valence-corrected chi connectivity index (χ0v) is 24.2. The summed E-state index contributed by atoms with van der Waals surface area (Å²) in [5.41, 5.74) is 0.458. The number of rotatable bonds is 8. The van der Waals surface area contributed by atoms with Crippen LogP contribution in [0.1, 0.15) is 46.8 Å². The summed E-state index contributed by atoms with van der Waals surface area (Å²) in [5, 5.41) is 50.1. The van der Waals surface area contributed by atoms with Crippen LogP contribution in [0, 0.1) is 0 Å². The summed E-state index contributed by atoms with van der Waals surface area (Å²) in [6, 6.07) is 16.2. The number of hydrogen-bond donors (Lipinski definition) is 6. The fourth-order valence-electron chi connectivity index (χ4n) is 5.75. The molecule has 6 rings (SSSR count). The molecule has 0 radical (unpaired) electrons. The molecule has 2 aliphatic heterocycles. The van der Waals surface area contributed by atoms with Crippen molar-refractivity contribution in [3.05, 3.63) is 82.9 Å². The molecular formula is C30H31O13P. The van der Waals surface area contributed by atoms with Crippen molar-refractivity contribution in [1.82, 2.24) is 0 Å². The molecule has 14 heteroatoms. The first-order valence-electron chi connectivity index (χ1n) is 14.0. The molecule has 3 aliphatic rings. The third-order valence-corrected chi connectivity index (χ3v) is 8.92. The van der Waals surface area contributed by atoms with Crippen LogP contribution < -0.4 is 14.0 Å². The maximum Gasteiger partial charge on any atom is 0.527 e. The van der Waals surface area contributed by atoms with E-state index in [1.165, 1.54) is 18.2 Å². The Labute approximate surface area is 251 Å². The number of esters is 1. The van der Waals surface area contributed by atoms with E-state index in [-0.39, 0.29) is 11.5 Å². The van der Waals surface area contributed by atoms with Crippen LogP contribution >= 0.6 is 7.82 Å². The smallest absolute Gasteiger partial charge is 0.493 e. The van der Waals surface area contributed by atoms with Crippen LogP contribution in [0.15, 0.2) is 60.7 Å². The highest BCUT2D eigenvalue weighted by molar-refractivity contribution is 7.47. The number of fused-ring (bicyclic) bond motifs is 6. The summed E-state index contributed by atoms with van der Waals surface area (Å²) >= 11 is 0. The molecule has 2 heterocycles. The van der Waals surface area contributed by atoms with Crippen LogP contribution in [0.4, 0.5) is 0 Å². The third kappa shape index (κ3) is 5.05. The standard InChI is InChI=1S/C30H31O13P/c1-2-3-12-39-15-8-10-19-21(13-15)40-22-14-16(9-11-20(22)30(19)18-7-5-4-6-17(18)29(36)41-30)42-44(37,38)43-28-26(34)24(32)23(31)25(33)27(28)35/h4-11,13-14,23-28,31-35H,2-3,12H2,1H3,(H,37,38)/t23?,24-,25+,26-,27-,28?,30-/m1/s1. The Morgan fingerprint density at radius 1 is 0.818 bits per heavy atom. The summed E-state index contributed by atoms with van der Waals surface area (Å²) in [5.74, 6) is 0.175. The van der Waals surface area contributed by atoms with Gasteiger partial charge in [-0.05, 0) is 36.8 Å². The molecule has 3 aromatic rings. The summed E-state index contributed by atoms with van der Waals surface area (Å²) in [7, 11) is -5.14. The van der Waals surface area contributed by atoms with Crippen molar-refractivity contribution in [2.45, 2.75) is 62.0 Å². The molecule has 0 bridgehead atoms. The number of carbonyl (C=O) groups is 1. The van der Waals surface area contributed by atoms with Gasteiger partial charge in [0.15, 0.2) is 5.60 Å². The fourth-order valence-corrected chi connectivity index (χ4v) is 6.73. The van der Waals surface area contributed by atoms with Gasteiger partial charge in [0, 0.05) is 28.8 Å². The van der Waals surface area contributed by atoms with E-state index >= 15 is 0 Å². The number of hydrogen-bond acceptors (Lipinski definition) is 12. The second kappa shape index (κ2) is 11.4. The summed E-state index contributed by atoms with van der Waals surface area (Å²) in [6.07, 6.45) is -10.1. The van der Waals surface area contributed by atoms with Gasteiger partial charge in [-0.2, -0.15) is 0 Å². The van der Waals surface area contributed by atoms with Gasteiger partial charge in [-0.1, -0.05) is 31.5 Å². The molecule has 8 atom stereocenters. The van der Waals surface area contributed by atoms with Crippen molar-refractivity contribution in [2.24, 2.45) is 0 Å². The molecule has 0 aromatic heterocycles. The first kappa shape index (κ1) is 30.5. The quantitative estimate of drug-likeness (QED) is 0.120. The predicted octanol–water partition coefficient (Wildman–Crippen LogP) is 2.12. The number of aliphatic hydroxyl groups is 5. The lowest BCUT2D eigenvalue weighted by Crippen LogP contribution is -2.64. The van der Waals surface area contributed by atoms with Crippen LogP contribution in [0.2, 0.25) is 0 Å². The Bertz CT molecular complexity index is 1610. The highest BCUT2D eigenvalue weighted by Gasteiger charge is 2.54. The zero-order valence-electron chi connectivity index (χ0n) is 23.3. The van der Waals surface area contributed by atoms with Crippen molar-refractivity contribution in [3.63, 3.8) is 0 Å². The normalized spacial score (nSPS) is 29.9. The molecule has 1 saturated carbocycles. The van der Waals surface area contributed by atoms with Crippen molar-refractivity contribution in [2.75, 3.05) is 6.61 Å². The van der Waals surface area contributed by atoms with Crippen LogP contribution in [0.5, 0.6) is 23.0 Å². The highest BCUT2D eigenvalue weighted by Crippen LogP contribution is 2.58. The van der Waals surface area contributed by atoms with E-state index in [9.17, 15) is 39.8 Å². The van der Waals surface area contributed by atoms with Gasteiger partial charge in [0.25, 0.3) is 0 Å². The molecule has 234 valence electrons. The Hall–Kier alpha value is -3.52. The second-order valence-electron chi connectivity index (χ2n) is 10.8. The number of benzene rings is 3. The summed E-state index contributed by atoms with van der Waals surface area (Å²) in [4.78, 5) is 23.6. The molecule has 0 saturated heterocycles. The summed E-state index contributed by atoms with van der Waals surface area (Å²) in [6.45, 7) is 2.52. The first-order chi connectivity index (χ1) is 21.0. The average molecular weight is 631 g/mol. The zero-order chi connectivity index (χ0) is 31.4. The predicted molar refractivity (Wildman–Crippen MR) is 150 cm³/mol. The molecule has 6 N–H and O–H groups in total. The van der Waals surface area contributed by atoms with E-state index in [0.717, 1.165) is 12.8 Å². The van der Waals surface area contributed by atoms with Gasteiger partial charge < -0.3 is 44.3 Å². The molecule has 1 fully saturated rings. The molecule has 44 heavy (non-hydrogen) atoms. The van der Waals surface area contributed by atoms with Gasteiger partial charge in [0.05, 0.1) is 12.2 Å². The number of phosphoric ester groups is 1. The third-order valence-electron chi connectivity index (χ3n) is 7.97. The Morgan fingerprint density at radius 2 is 1.41 bits per heavy atom. The molecule has 13 nitrogen and oxygen atoms in total. The van der Waals surface area contributed by atoms with E-state index in [4.69, 9.17) is 23.3 Å². The first-order valence-corrected chi connectivity index (χ1v) is 15.5. The van der Waals surface area contributed by atoms with Gasteiger partial charge in [-0.25, -0.2) is 9.36 Å². The Kier molecular flexibility index (Phi) is 7.93. The fraction of sp³-hybridized carbons (Fsp3) is 0.367. The van der Waals surface area contributed by atoms with E-state index in [2.05, 4.69) is 0 Å². The lowest BCUT2D eigenvalue weighted by Gasteiger charge is -2.41. The Balaban J connectivity index is 1.35. The maximum atomic E-state index is 13.1. The van der Waals surface area contributed by atoms with Gasteiger partial charge >= 0.3 is 13.8 Å². The topological polar surface area (TPSA) is 202 Å². The monoisotopic (exact) mass is 630 g/mol. The average Bonchev–Trinajstić information content (AvgIpc) is 3.29. The number of unbranched alkanes of at least 4 members (excludes halogenated alkanes) is 1. The number of aliphatic hydroxyl groups excluding tert-OH is 5. The van der Waals surface area contributed by atoms with Crippen LogP contribution in [0.3, 0.4) is 0 Å². The molecule has 0 amide bonds. The van der Waals surface area contributed by atoms with Crippen molar-refractivity contribution in [3.8, 4) is 23.0 Å². The van der Waals surface area contributed by atoms with Crippen molar-refractivity contribution >= 4 is 13.8 Å². The van der Waals surface area contributed by atoms with Gasteiger partial charge in [-0.3, -0.25) is 9.42 Å². The maximum absolute atomic E-state index is 13.1. The lowest BCUT2D eigenvalue weighted by molar-refractivity contribution is -0.219. The number of phosphoric acid groups is 1. The van der Waals surface area contributed by atoms with E-state index in [1.54, 1.807) is 42.5 Å². The number of ether oxygens (including phenoxy) is 3. The van der Waals surface area contributed by atoms with Crippen LogP contribution in [-0.4, -0.2) is 79.6 Å². The number of carbonyl (C=O) groups excluding carboxylic acids is 1. The molecule has 3 aromatic carbocycles. The van der Waals surface area contributed by atoms with Crippen LogP contribution in [0.25, 0.3) is 0 Å². The molecule has 1 aliphatic carbocycles. The van der Waals surface area contributed by atoms with Gasteiger partial charge in [0.1, 0.15) is 59.6 Å². The molecule has 1 spiro atoms. The van der Waals surface area contributed by atoms with Crippen molar-refractivity contribution < 1.29 is 63.0 Å². The largest absolute Gasteiger partial charge is 0.527 e. The van der Waals surface area contributed by atoms with E-state index in [0.29, 0.717) is 40.4 Å².